The maximum Gasteiger partial charge on any atom is 0.338 e. The Balaban J connectivity index is 2.07. The van der Waals surface area contributed by atoms with Gasteiger partial charge in [-0.15, -0.1) is 11.3 Å². The van der Waals surface area contributed by atoms with Crippen molar-refractivity contribution in [2.75, 3.05) is 21.3 Å². The van der Waals surface area contributed by atoms with Crippen molar-refractivity contribution in [2.45, 2.75) is 25.9 Å². The van der Waals surface area contributed by atoms with E-state index in [0.29, 0.717) is 21.6 Å². The fourth-order valence-corrected chi connectivity index (χ4v) is 5.38. The molecule has 2 N–H and O–H groups in total. The molecular formula is C28H28N2O7S. The summed E-state index contributed by atoms with van der Waals surface area (Å²) in [6.07, 6.45) is 1.25. The Morgan fingerprint density at radius 1 is 0.921 bits per heavy atom. The van der Waals surface area contributed by atoms with Gasteiger partial charge in [-0.2, -0.15) is 0 Å². The zero-order valence-electron chi connectivity index (χ0n) is 21.6. The van der Waals surface area contributed by atoms with Crippen LogP contribution in [0.2, 0.25) is 0 Å². The van der Waals surface area contributed by atoms with Gasteiger partial charge in [-0.3, -0.25) is 9.36 Å². The number of carbonyl (C=O) groups is 2. The second-order valence-corrected chi connectivity index (χ2v) is 9.72. The van der Waals surface area contributed by atoms with Crippen LogP contribution in [0.25, 0.3) is 17.5 Å². The molecule has 0 saturated heterocycles. The Hall–Kier alpha value is -4.31. The monoisotopic (exact) mass is 536 g/mol. The Labute approximate surface area is 223 Å². The Morgan fingerprint density at radius 3 is 2.03 bits per heavy atom. The summed E-state index contributed by atoms with van der Waals surface area (Å²) in [6.45, 7) is 3.44. The van der Waals surface area contributed by atoms with Crippen LogP contribution in [0.15, 0.2) is 58.9 Å². The zero-order chi connectivity index (χ0) is 27.6. The third kappa shape index (κ3) is 4.95. The van der Waals surface area contributed by atoms with Gasteiger partial charge in [0.25, 0.3) is 5.56 Å². The fourth-order valence-electron chi connectivity index (χ4n) is 4.21. The van der Waals surface area contributed by atoms with E-state index >= 15 is 0 Å². The summed E-state index contributed by atoms with van der Waals surface area (Å²) in [5.41, 5.74) is 7.44. The summed E-state index contributed by atoms with van der Waals surface area (Å²) in [6, 6.07) is 14.0. The molecule has 1 aromatic heterocycles. The predicted molar refractivity (Wildman–Crippen MR) is 144 cm³/mol. The topological polar surface area (TPSA) is 119 Å². The normalized spacial score (nSPS) is 15.4. The molecule has 4 rings (SSSR count). The lowest BCUT2D eigenvalue weighted by Crippen LogP contribution is -2.42. The molecular weight excluding hydrogens is 508 g/mol. The van der Waals surface area contributed by atoms with E-state index in [1.54, 1.807) is 75.6 Å². The number of nitrogens with zero attached hydrogens (tertiary/aromatic N) is 1. The Bertz CT molecular complexity index is 1580. The van der Waals surface area contributed by atoms with E-state index in [1.165, 1.54) is 18.8 Å². The number of carbonyl (C=O) groups excluding carboxylic acids is 2. The Morgan fingerprint density at radius 2 is 1.50 bits per heavy atom. The highest BCUT2D eigenvalue weighted by atomic mass is 32.1. The van der Waals surface area contributed by atoms with E-state index < -0.39 is 29.5 Å². The van der Waals surface area contributed by atoms with Crippen LogP contribution in [0, 0.1) is 0 Å². The molecule has 1 atom stereocenters. The minimum Gasteiger partial charge on any atom is -0.497 e. The van der Waals surface area contributed by atoms with Crippen LogP contribution >= 0.6 is 11.3 Å². The van der Waals surface area contributed by atoms with Gasteiger partial charge in [0.1, 0.15) is 22.0 Å². The maximum absolute atomic E-state index is 13.6. The summed E-state index contributed by atoms with van der Waals surface area (Å²) in [7, 11) is 4.32. The van der Waals surface area contributed by atoms with Crippen LogP contribution in [0.1, 0.15) is 30.9 Å². The number of fused-ring (bicyclic) bond motifs is 1. The molecule has 1 aliphatic heterocycles. The summed E-state index contributed by atoms with van der Waals surface area (Å²) in [4.78, 5) is 40.2. The van der Waals surface area contributed by atoms with Gasteiger partial charge in [-0.25, -0.2) is 9.59 Å². The third-order valence-electron chi connectivity index (χ3n) is 5.98. The molecule has 38 heavy (non-hydrogen) atoms. The summed E-state index contributed by atoms with van der Waals surface area (Å²) in [5.74, 6) is -1.20. The van der Waals surface area contributed by atoms with Crippen LogP contribution in [-0.2, 0) is 19.1 Å². The van der Waals surface area contributed by atoms with Gasteiger partial charge < -0.3 is 24.7 Å². The predicted octanol–water partition coefficient (Wildman–Crippen LogP) is 1.96. The maximum atomic E-state index is 13.6. The number of hydrogen-bond acceptors (Lipinski definition) is 9. The lowest BCUT2D eigenvalue weighted by atomic mass is 9.83. The van der Waals surface area contributed by atoms with E-state index in [4.69, 9.17) is 24.7 Å². The van der Waals surface area contributed by atoms with Crippen LogP contribution < -0.4 is 30.0 Å². The quantitative estimate of drug-likeness (QED) is 0.455. The number of rotatable bonds is 7. The zero-order valence-corrected chi connectivity index (χ0v) is 22.5. The lowest BCUT2D eigenvalue weighted by molar-refractivity contribution is -0.140. The minimum absolute atomic E-state index is 0.0308. The van der Waals surface area contributed by atoms with Crippen molar-refractivity contribution >= 4 is 40.7 Å². The number of benzene rings is 2. The van der Waals surface area contributed by atoms with Gasteiger partial charge >= 0.3 is 11.9 Å². The number of esters is 2. The van der Waals surface area contributed by atoms with E-state index in [2.05, 4.69) is 0 Å². The van der Waals surface area contributed by atoms with Gasteiger partial charge in [-0.1, -0.05) is 24.3 Å². The number of methoxy groups -OCH3 is 3. The van der Waals surface area contributed by atoms with Crippen molar-refractivity contribution in [3.63, 3.8) is 0 Å². The number of hydrogen-bond donors (Lipinski definition) is 1. The molecule has 9 nitrogen and oxygen atoms in total. The molecule has 0 spiro atoms. The molecule has 2 heterocycles. The van der Waals surface area contributed by atoms with Gasteiger partial charge in [0.05, 0.1) is 49.0 Å². The van der Waals surface area contributed by atoms with Crippen LogP contribution in [0.3, 0.4) is 0 Å². The lowest BCUT2D eigenvalue weighted by Gasteiger charge is -2.27. The van der Waals surface area contributed by atoms with Gasteiger partial charge in [0.2, 0.25) is 0 Å². The molecule has 10 heteroatoms. The minimum atomic E-state index is -0.938. The highest BCUT2D eigenvalue weighted by molar-refractivity contribution is 7.07. The van der Waals surface area contributed by atoms with Crippen LogP contribution in [0.4, 0.5) is 0 Å². The fraction of sp³-hybridized carbons (Fsp3) is 0.250. The largest absolute Gasteiger partial charge is 0.497 e. The van der Waals surface area contributed by atoms with E-state index in [1.807, 2.05) is 0 Å². The first kappa shape index (κ1) is 26.7. The molecule has 0 unspecified atom stereocenters. The smallest absolute Gasteiger partial charge is 0.338 e. The SMILES string of the molecule is COC(=O)C1=C(N)n2c(s/c(=C\c3ccc(OC)cc3)c2=O)=C(C(=O)OC(C)C)[C@@H]1c1ccc(OC)cc1. The second-order valence-electron chi connectivity index (χ2n) is 8.69. The van der Waals surface area contributed by atoms with Crippen molar-refractivity contribution in [2.24, 2.45) is 5.73 Å². The van der Waals surface area contributed by atoms with Crippen molar-refractivity contribution < 1.29 is 28.5 Å². The molecule has 0 saturated carbocycles. The van der Waals surface area contributed by atoms with E-state index in [-0.39, 0.29) is 21.6 Å². The van der Waals surface area contributed by atoms with Gasteiger partial charge in [0, 0.05) is 0 Å². The second kappa shape index (κ2) is 11.0. The van der Waals surface area contributed by atoms with E-state index in [9.17, 15) is 14.4 Å². The standard InChI is InChI=1S/C28H28N2O7S/c1-15(2)37-28(33)23-21(17-8-12-19(35-4)13-9-17)22(27(32)36-5)24(29)30-25(31)20(38-26(23)30)14-16-6-10-18(34-3)11-7-16/h6-15,21H,29H2,1-5H3/b20-14-/t21-/m1/s1. The molecule has 198 valence electrons. The number of nitrogens with two attached hydrogens (primary N) is 1. The molecule has 1 aliphatic rings. The molecule has 0 amide bonds. The summed E-state index contributed by atoms with van der Waals surface area (Å²) in [5, 5.41) is 0. The van der Waals surface area contributed by atoms with Crippen molar-refractivity contribution in [3.8, 4) is 11.5 Å². The molecule has 0 radical (unpaired) electrons. The summed E-state index contributed by atoms with van der Waals surface area (Å²) >= 11 is 1.10. The molecule has 0 bridgehead atoms. The first-order valence-corrected chi connectivity index (χ1v) is 12.6. The highest BCUT2D eigenvalue weighted by Gasteiger charge is 2.40. The molecule has 0 aliphatic carbocycles. The molecule has 2 aromatic carbocycles. The molecule has 0 fully saturated rings. The van der Waals surface area contributed by atoms with Crippen molar-refractivity contribution in [1.82, 2.24) is 4.57 Å². The average Bonchev–Trinajstić information content (AvgIpc) is 3.23. The van der Waals surface area contributed by atoms with Gasteiger partial charge in [-0.05, 0) is 55.3 Å². The van der Waals surface area contributed by atoms with Gasteiger partial charge in [0.15, 0.2) is 0 Å². The first-order valence-electron chi connectivity index (χ1n) is 11.7. The molecule has 3 aromatic rings. The van der Waals surface area contributed by atoms with Crippen LogP contribution in [0.5, 0.6) is 11.5 Å². The highest BCUT2D eigenvalue weighted by Crippen LogP contribution is 2.38. The van der Waals surface area contributed by atoms with Crippen molar-refractivity contribution in [3.05, 3.63) is 84.8 Å². The number of ether oxygens (including phenoxy) is 4. The third-order valence-corrected chi connectivity index (χ3v) is 7.09. The number of thiazole rings is 1. The van der Waals surface area contributed by atoms with Crippen molar-refractivity contribution in [1.29, 1.82) is 0 Å². The average molecular weight is 537 g/mol. The first-order chi connectivity index (χ1) is 18.2. The summed E-state index contributed by atoms with van der Waals surface area (Å²) < 4.78 is 22.9. The van der Waals surface area contributed by atoms with E-state index in [0.717, 1.165) is 16.9 Å². The number of aromatic nitrogens is 1. The van der Waals surface area contributed by atoms with Crippen LogP contribution in [-0.4, -0.2) is 43.9 Å². The Kier molecular flexibility index (Phi) is 7.72.